The van der Waals surface area contributed by atoms with Crippen molar-refractivity contribution in [1.82, 2.24) is 0 Å². The molecule has 21 heavy (non-hydrogen) atoms. The third-order valence-electron chi connectivity index (χ3n) is 0. The minimum atomic E-state index is 0. The Labute approximate surface area is 146 Å². The molecular weight excluding hydrogens is 360 g/mol. The van der Waals surface area contributed by atoms with Gasteiger partial charge in [-0.3, -0.25) is 105 Å². The molecule has 0 aliphatic rings. The van der Waals surface area contributed by atoms with E-state index < -0.39 is 0 Å². The Morgan fingerprint density at radius 2 is 0.190 bits per heavy atom. The first kappa shape index (κ1) is 82.1. The van der Waals surface area contributed by atoms with E-state index >= 15 is 0 Å². The molecular formula is H22CaO20. The van der Waals surface area contributed by atoms with Crippen LogP contribution < -0.4 is 0 Å². The van der Waals surface area contributed by atoms with Gasteiger partial charge in [0.15, 0.2) is 0 Å². The smallest absolute Gasteiger partial charge is 1.00 e. The molecule has 0 spiro atoms. The molecule has 0 saturated heterocycles. The van der Waals surface area contributed by atoms with E-state index in [4.69, 9.17) is 105 Å². The average Bonchev–Trinajstić information content (AvgIpc) is 2.71. The molecule has 0 atom stereocenters. The molecule has 0 aromatic rings. The first-order chi connectivity index (χ1) is 10.0. The predicted octanol–water partition coefficient (Wildman–Crippen LogP) is 0.0182. The molecule has 0 radical (unpaired) electrons. The topological polar surface area (TPSA) is 405 Å². The molecule has 0 bridgehead atoms. The van der Waals surface area contributed by atoms with E-state index in [0.717, 1.165) is 0 Å². The minimum absolute atomic E-state index is 0. The molecule has 0 heterocycles. The average molecular weight is 382 g/mol. The van der Waals surface area contributed by atoms with Crippen LogP contribution in [-0.2, 0) is 0 Å². The summed E-state index contributed by atoms with van der Waals surface area (Å²) in [5.74, 6) is 0. The maximum Gasteiger partial charge on any atom is 2.00 e. The second-order valence-electron chi connectivity index (χ2n) is 0. The zero-order chi connectivity index (χ0) is 20.0. The largest absolute Gasteiger partial charge is 2.00 e. The third-order valence-corrected chi connectivity index (χ3v) is 0. The van der Waals surface area contributed by atoms with E-state index in [1.807, 2.05) is 0 Å². The molecule has 0 rings (SSSR count). The number of rotatable bonds is 0. The molecule has 0 fully saturated rings. The van der Waals surface area contributed by atoms with Gasteiger partial charge in [-0.1, -0.05) is 0 Å². The maximum atomic E-state index is 6.00. The fraction of sp³-hybridized carbons (Fsp3) is 0. The summed E-state index contributed by atoms with van der Waals surface area (Å²) in [6, 6.07) is 0. The summed E-state index contributed by atoms with van der Waals surface area (Å²) in [6.07, 6.45) is 0. The first-order valence-electron chi connectivity index (χ1n) is 2.00. The standard InChI is InChI=1S/Ca.10H2O2.2H/c;10*1-2;;/h;10*1-2H;;/q+2;;;;;;;;;;;2*-1. The quantitative estimate of drug-likeness (QED) is 0.149. The molecule has 20 N–H and O–H groups in total. The van der Waals surface area contributed by atoms with Gasteiger partial charge >= 0.3 is 37.7 Å². The van der Waals surface area contributed by atoms with Gasteiger partial charge in [-0.2, -0.15) is 0 Å². The Kier molecular flexibility index (Phi) is 143000. The normalized spacial score (nSPS) is 2.86. The predicted molar refractivity (Wildman–Crippen MR) is 60.6 cm³/mol. The van der Waals surface area contributed by atoms with E-state index in [1.54, 1.807) is 0 Å². The second kappa shape index (κ2) is 36700. The zero-order valence-corrected chi connectivity index (χ0v) is 11.9. The molecule has 0 amide bonds. The van der Waals surface area contributed by atoms with Crippen LogP contribution >= 0.6 is 0 Å². The summed E-state index contributed by atoms with van der Waals surface area (Å²) in [5, 5.41) is 120. The van der Waals surface area contributed by atoms with Crippen LogP contribution in [0.5, 0.6) is 0 Å². The molecule has 144 valence electrons. The summed E-state index contributed by atoms with van der Waals surface area (Å²) in [7, 11) is 0. The van der Waals surface area contributed by atoms with Gasteiger partial charge in [-0.15, -0.1) is 0 Å². The van der Waals surface area contributed by atoms with Crippen molar-refractivity contribution in [2.45, 2.75) is 0 Å². The van der Waals surface area contributed by atoms with Crippen molar-refractivity contribution in [2.24, 2.45) is 0 Å². The summed E-state index contributed by atoms with van der Waals surface area (Å²) >= 11 is 0. The molecule has 0 unspecified atom stereocenters. The van der Waals surface area contributed by atoms with E-state index in [2.05, 4.69) is 0 Å². The van der Waals surface area contributed by atoms with Gasteiger partial charge in [-0.25, -0.2) is 0 Å². The Hall–Kier alpha value is 0.460. The Balaban J connectivity index is -0.00000000433. The van der Waals surface area contributed by atoms with Crippen LogP contribution in [0.2, 0.25) is 0 Å². The molecule has 21 heteroatoms. The fourth-order valence-electron chi connectivity index (χ4n) is 0. The van der Waals surface area contributed by atoms with Crippen LogP contribution in [0.15, 0.2) is 0 Å². The van der Waals surface area contributed by atoms with Crippen LogP contribution in [0.3, 0.4) is 0 Å². The Bertz CT molecular complexity index is 15.6. The molecule has 0 aliphatic heterocycles. The van der Waals surface area contributed by atoms with E-state index in [1.165, 1.54) is 0 Å². The third kappa shape index (κ3) is 33000. The number of hydrogen-bond donors (Lipinski definition) is 20. The Morgan fingerprint density at radius 3 is 0.190 bits per heavy atom. The van der Waals surface area contributed by atoms with Crippen molar-refractivity contribution in [3.05, 3.63) is 0 Å². The molecule has 0 aromatic carbocycles. The van der Waals surface area contributed by atoms with Gasteiger partial charge < -0.3 is 2.85 Å². The van der Waals surface area contributed by atoms with Crippen LogP contribution in [-0.4, -0.2) is 143 Å². The monoisotopic (exact) mass is 382 g/mol. The molecule has 20 nitrogen and oxygen atoms in total. The summed E-state index contributed by atoms with van der Waals surface area (Å²) in [6.45, 7) is 0. The summed E-state index contributed by atoms with van der Waals surface area (Å²) in [4.78, 5) is 0. The van der Waals surface area contributed by atoms with Crippen LogP contribution in [0, 0.1) is 0 Å². The van der Waals surface area contributed by atoms with Gasteiger partial charge in [0, 0.05) is 0 Å². The maximum absolute atomic E-state index is 6.00. The van der Waals surface area contributed by atoms with Crippen LogP contribution in [0.1, 0.15) is 2.85 Å². The zero-order valence-electron chi connectivity index (χ0n) is 11.7. The van der Waals surface area contributed by atoms with E-state index in [-0.39, 0.29) is 40.6 Å². The number of hydrogen-bond acceptors (Lipinski definition) is 20. The minimum Gasteiger partial charge on any atom is -1.00 e. The van der Waals surface area contributed by atoms with Crippen LogP contribution in [0.25, 0.3) is 0 Å². The Morgan fingerprint density at radius 1 is 0.190 bits per heavy atom. The first-order valence-corrected chi connectivity index (χ1v) is 2.00. The summed E-state index contributed by atoms with van der Waals surface area (Å²) in [5.41, 5.74) is 0. The van der Waals surface area contributed by atoms with Gasteiger partial charge in [0.2, 0.25) is 0 Å². The fourth-order valence-corrected chi connectivity index (χ4v) is 0. The van der Waals surface area contributed by atoms with Crippen molar-refractivity contribution in [3.63, 3.8) is 0 Å². The van der Waals surface area contributed by atoms with E-state index in [0.29, 0.717) is 0 Å². The van der Waals surface area contributed by atoms with Gasteiger partial charge in [0.25, 0.3) is 0 Å². The van der Waals surface area contributed by atoms with Crippen molar-refractivity contribution < 1.29 is 108 Å². The van der Waals surface area contributed by atoms with Crippen molar-refractivity contribution in [3.8, 4) is 0 Å². The second-order valence-corrected chi connectivity index (χ2v) is 0. The van der Waals surface area contributed by atoms with Gasteiger partial charge in [0.1, 0.15) is 0 Å². The summed E-state index contributed by atoms with van der Waals surface area (Å²) < 4.78 is 0. The van der Waals surface area contributed by atoms with Gasteiger partial charge in [-0.05, 0) is 0 Å². The van der Waals surface area contributed by atoms with Crippen molar-refractivity contribution in [2.75, 3.05) is 0 Å². The molecule has 0 aliphatic carbocycles. The van der Waals surface area contributed by atoms with Crippen molar-refractivity contribution in [1.29, 1.82) is 0 Å². The molecule has 0 aromatic heterocycles. The van der Waals surface area contributed by atoms with Gasteiger partial charge in [0.05, 0.1) is 0 Å². The van der Waals surface area contributed by atoms with E-state index in [9.17, 15) is 0 Å². The molecule has 0 saturated carbocycles. The van der Waals surface area contributed by atoms with Crippen molar-refractivity contribution >= 4 is 37.7 Å². The SMILES string of the molecule is OO.OO.OO.OO.OO.OO.OO.OO.OO.OO.[Ca+2].[H-].[H-]. The van der Waals surface area contributed by atoms with Crippen LogP contribution in [0.4, 0.5) is 0 Å².